The predicted molar refractivity (Wildman–Crippen MR) is 80.9 cm³/mol. The molecule has 0 spiro atoms. The van der Waals surface area contributed by atoms with E-state index in [0.29, 0.717) is 30.4 Å². The third-order valence-electron chi connectivity index (χ3n) is 4.31. The maximum Gasteiger partial charge on any atom is 0.164 e. The molecule has 0 aromatic heterocycles. The molecular formula is C17H24FNO2. The maximum atomic E-state index is 14.3. The van der Waals surface area contributed by atoms with Crippen molar-refractivity contribution in [1.29, 1.82) is 0 Å². The first-order chi connectivity index (χ1) is 10.0. The molecule has 1 fully saturated rings. The molecule has 1 saturated heterocycles. The highest BCUT2D eigenvalue weighted by Gasteiger charge is 2.26. The molecule has 0 bridgehead atoms. The second-order valence-corrected chi connectivity index (χ2v) is 6.55. The zero-order chi connectivity index (χ0) is 14.9. The molecule has 4 heteroatoms. The number of rotatable bonds is 3. The lowest BCUT2D eigenvalue weighted by molar-refractivity contribution is 0.166. The summed E-state index contributed by atoms with van der Waals surface area (Å²) in [5, 5.41) is 3.43. The first-order valence-electron chi connectivity index (χ1n) is 7.86. The minimum Gasteiger partial charge on any atom is -0.486 e. The lowest BCUT2D eigenvalue weighted by Gasteiger charge is -2.28. The SMILES string of the molecule is CC(C)(F)c1cc(CC2CCCNC2)c2c(c1)OCCO2. The zero-order valence-electron chi connectivity index (χ0n) is 12.9. The van der Waals surface area contributed by atoms with Crippen molar-refractivity contribution in [2.45, 2.75) is 38.8 Å². The molecule has 0 amide bonds. The standard InChI is InChI=1S/C17H24FNO2/c1-17(2,18)14-9-13(8-12-4-3-5-19-11-12)16-15(10-14)20-6-7-21-16/h9-10,12,19H,3-8,11H2,1-2H3. The van der Waals surface area contributed by atoms with Gasteiger partial charge in [-0.05, 0) is 75.4 Å². The average molecular weight is 293 g/mol. The van der Waals surface area contributed by atoms with Gasteiger partial charge in [0.25, 0.3) is 0 Å². The summed E-state index contributed by atoms with van der Waals surface area (Å²) in [7, 11) is 0. The molecule has 3 nitrogen and oxygen atoms in total. The van der Waals surface area contributed by atoms with Crippen LogP contribution in [-0.4, -0.2) is 26.3 Å². The van der Waals surface area contributed by atoms with Gasteiger partial charge in [0.05, 0.1) is 0 Å². The topological polar surface area (TPSA) is 30.5 Å². The van der Waals surface area contributed by atoms with Gasteiger partial charge in [-0.3, -0.25) is 0 Å². The van der Waals surface area contributed by atoms with E-state index in [1.54, 1.807) is 19.9 Å². The largest absolute Gasteiger partial charge is 0.486 e. The van der Waals surface area contributed by atoms with Crippen LogP contribution in [0.1, 0.15) is 37.8 Å². The molecule has 2 heterocycles. The smallest absolute Gasteiger partial charge is 0.164 e. The van der Waals surface area contributed by atoms with Crippen LogP contribution in [0.3, 0.4) is 0 Å². The average Bonchev–Trinajstić information content (AvgIpc) is 2.47. The highest BCUT2D eigenvalue weighted by Crippen LogP contribution is 2.40. The quantitative estimate of drug-likeness (QED) is 0.928. The molecule has 3 rings (SSSR count). The number of nitrogens with one attached hydrogen (secondary N) is 1. The van der Waals surface area contributed by atoms with Crippen molar-refractivity contribution >= 4 is 0 Å². The Bertz CT molecular complexity index is 504. The Morgan fingerprint density at radius 1 is 1.29 bits per heavy atom. The second-order valence-electron chi connectivity index (χ2n) is 6.55. The Morgan fingerprint density at radius 2 is 2.10 bits per heavy atom. The summed E-state index contributed by atoms with van der Waals surface area (Å²) >= 11 is 0. The Balaban J connectivity index is 1.92. The Kier molecular flexibility index (Phi) is 4.07. The molecule has 2 aliphatic rings. The van der Waals surface area contributed by atoms with E-state index >= 15 is 0 Å². The van der Waals surface area contributed by atoms with Crippen LogP contribution in [-0.2, 0) is 12.1 Å². The fraction of sp³-hybridized carbons (Fsp3) is 0.647. The number of alkyl halides is 1. The Labute approximate surface area is 125 Å². The first kappa shape index (κ1) is 14.6. The summed E-state index contributed by atoms with van der Waals surface area (Å²) in [6.07, 6.45) is 3.34. The normalized spacial score (nSPS) is 22.1. The molecule has 1 unspecified atom stereocenters. The van der Waals surface area contributed by atoms with Crippen molar-refractivity contribution < 1.29 is 13.9 Å². The lowest BCUT2D eigenvalue weighted by Crippen LogP contribution is -2.31. The molecular weight excluding hydrogens is 269 g/mol. The summed E-state index contributed by atoms with van der Waals surface area (Å²) in [6, 6.07) is 3.75. The third-order valence-corrected chi connectivity index (χ3v) is 4.31. The minimum atomic E-state index is -1.37. The van der Waals surface area contributed by atoms with Gasteiger partial charge in [-0.15, -0.1) is 0 Å². The van der Waals surface area contributed by atoms with Crippen LogP contribution in [0.4, 0.5) is 4.39 Å². The molecule has 1 atom stereocenters. The van der Waals surface area contributed by atoms with Gasteiger partial charge in [-0.1, -0.05) is 0 Å². The zero-order valence-corrected chi connectivity index (χ0v) is 12.9. The van der Waals surface area contributed by atoms with Gasteiger partial charge in [-0.25, -0.2) is 4.39 Å². The number of benzene rings is 1. The van der Waals surface area contributed by atoms with Gasteiger partial charge < -0.3 is 14.8 Å². The van der Waals surface area contributed by atoms with E-state index in [2.05, 4.69) is 5.32 Å². The number of halogens is 1. The van der Waals surface area contributed by atoms with Crippen LogP contribution in [0, 0.1) is 5.92 Å². The van der Waals surface area contributed by atoms with Gasteiger partial charge >= 0.3 is 0 Å². The number of hydrogen-bond acceptors (Lipinski definition) is 3. The van der Waals surface area contributed by atoms with Crippen LogP contribution in [0.25, 0.3) is 0 Å². The summed E-state index contributed by atoms with van der Waals surface area (Å²) in [5.74, 6) is 2.11. The third kappa shape index (κ3) is 3.31. The highest BCUT2D eigenvalue weighted by atomic mass is 19.1. The van der Waals surface area contributed by atoms with E-state index < -0.39 is 5.67 Å². The van der Waals surface area contributed by atoms with Gasteiger partial charge in [0.2, 0.25) is 0 Å². The van der Waals surface area contributed by atoms with Gasteiger partial charge in [0, 0.05) is 0 Å². The Hall–Kier alpha value is -1.29. The van der Waals surface area contributed by atoms with Crippen molar-refractivity contribution in [1.82, 2.24) is 5.32 Å². The van der Waals surface area contributed by atoms with E-state index in [-0.39, 0.29) is 0 Å². The van der Waals surface area contributed by atoms with Gasteiger partial charge in [0.1, 0.15) is 18.9 Å². The van der Waals surface area contributed by atoms with Crippen LogP contribution in [0.15, 0.2) is 12.1 Å². The Morgan fingerprint density at radius 3 is 2.81 bits per heavy atom. The van der Waals surface area contributed by atoms with E-state index in [9.17, 15) is 4.39 Å². The minimum absolute atomic E-state index is 0.535. The number of piperidine rings is 1. The van der Waals surface area contributed by atoms with Crippen molar-refractivity contribution in [2.75, 3.05) is 26.3 Å². The maximum absolute atomic E-state index is 14.3. The highest BCUT2D eigenvalue weighted by molar-refractivity contribution is 5.51. The molecule has 1 aromatic carbocycles. The molecule has 116 valence electrons. The van der Waals surface area contributed by atoms with Crippen molar-refractivity contribution in [3.63, 3.8) is 0 Å². The second kappa shape index (κ2) is 5.84. The van der Waals surface area contributed by atoms with Crippen LogP contribution < -0.4 is 14.8 Å². The fourth-order valence-corrected chi connectivity index (χ4v) is 3.13. The van der Waals surface area contributed by atoms with Crippen molar-refractivity contribution in [3.05, 3.63) is 23.3 Å². The van der Waals surface area contributed by atoms with Gasteiger partial charge in [-0.2, -0.15) is 0 Å². The van der Waals surface area contributed by atoms with E-state index in [1.165, 1.54) is 12.8 Å². The number of fused-ring (bicyclic) bond motifs is 1. The molecule has 1 aromatic rings. The molecule has 0 aliphatic carbocycles. The van der Waals surface area contributed by atoms with Crippen LogP contribution >= 0.6 is 0 Å². The van der Waals surface area contributed by atoms with E-state index in [1.807, 2.05) is 6.07 Å². The summed E-state index contributed by atoms with van der Waals surface area (Å²) < 4.78 is 25.8. The number of ether oxygens (including phenoxy) is 2. The van der Waals surface area contributed by atoms with E-state index in [4.69, 9.17) is 9.47 Å². The predicted octanol–water partition coefficient (Wildman–Crippen LogP) is 3.20. The monoisotopic (exact) mass is 293 g/mol. The molecule has 0 saturated carbocycles. The van der Waals surface area contributed by atoms with Crippen LogP contribution in [0.5, 0.6) is 11.5 Å². The fourth-order valence-electron chi connectivity index (χ4n) is 3.13. The molecule has 1 N–H and O–H groups in total. The van der Waals surface area contributed by atoms with E-state index in [0.717, 1.165) is 30.8 Å². The summed E-state index contributed by atoms with van der Waals surface area (Å²) in [6.45, 7) is 6.41. The van der Waals surface area contributed by atoms with Crippen LogP contribution in [0.2, 0.25) is 0 Å². The van der Waals surface area contributed by atoms with Crippen molar-refractivity contribution in [3.8, 4) is 11.5 Å². The number of hydrogen-bond donors (Lipinski definition) is 1. The molecule has 0 radical (unpaired) electrons. The van der Waals surface area contributed by atoms with Gasteiger partial charge in [0.15, 0.2) is 11.5 Å². The summed E-state index contributed by atoms with van der Waals surface area (Å²) in [4.78, 5) is 0. The lowest BCUT2D eigenvalue weighted by atomic mass is 9.89. The first-order valence-corrected chi connectivity index (χ1v) is 7.86. The molecule has 2 aliphatic heterocycles. The van der Waals surface area contributed by atoms with Crippen molar-refractivity contribution in [2.24, 2.45) is 5.92 Å². The molecule has 21 heavy (non-hydrogen) atoms. The summed E-state index contributed by atoms with van der Waals surface area (Å²) in [5.41, 5.74) is 0.391.